The van der Waals surface area contributed by atoms with Gasteiger partial charge in [0.2, 0.25) is 0 Å². The van der Waals surface area contributed by atoms with E-state index >= 15 is 0 Å². The first-order valence-electron chi connectivity index (χ1n) is 6.07. The third kappa shape index (κ3) is 2.94. The second kappa shape index (κ2) is 5.15. The van der Waals surface area contributed by atoms with Gasteiger partial charge in [0.1, 0.15) is 5.82 Å². The van der Waals surface area contributed by atoms with Crippen LogP contribution in [0.1, 0.15) is 25.2 Å². The van der Waals surface area contributed by atoms with Gasteiger partial charge in [-0.25, -0.2) is 4.98 Å². The van der Waals surface area contributed by atoms with Crippen LogP contribution in [-0.4, -0.2) is 16.0 Å². The van der Waals surface area contributed by atoms with Crippen molar-refractivity contribution in [2.45, 2.75) is 32.7 Å². The van der Waals surface area contributed by atoms with Crippen molar-refractivity contribution in [3.8, 4) is 11.3 Å². The van der Waals surface area contributed by atoms with Crippen molar-refractivity contribution in [3.63, 3.8) is 0 Å². The van der Waals surface area contributed by atoms with Gasteiger partial charge in [-0.2, -0.15) is 0 Å². The van der Waals surface area contributed by atoms with Crippen LogP contribution in [0.2, 0.25) is 0 Å². The van der Waals surface area contributed by atoms with Crippen LogP contribution < -0.4 is 5.73 Å². The molecule has 0 spiro atoms. The molecule has 0 aliphatic rings. The van der Waals surface area contributed by atoms with E-state index in [1.807, 2.05) is 13.1 Å². The molecule has 17 heavy (non-hydrogen) atoms. The SMILES string of the molecule is CCc1ccc(-c2cnc(CC(C)N)[nH]2)cc1. The first-order chi connectivity index (χ1) is 8.19. The summed E-state index contributed by atoms with van der Waals surface area (Å²) in [5.41, 5.74) is 9.33. The standard InChI is InChI=1S/C14H19N3/c1-3-11-4-6-12(7-5-11)13-9-16-14(17-13)8-10(2)15/h4-7,9-10H,3,8,15H2,1-2H3,(H,16,17). The van der Waals surface area contributed by atoms with E-state index in [1.165, 1.54) is 11.1 Å². The Morgan fingerprint density at radius 2 is 2.00 bits per heavy atom. The summed E-state index contributed by atoms with van der Waals surface area (Å²) in [6.07, 6.45) is 3.73. The molecule has 3 N–H and O–H groups in total. The van der Waals surface area contributed by atoms with Crippen LogP contribution in [-0.2, 0) is 12.8 Å². The van der Waals surface area contributed by atoms with Crippen LogP contribution in [0.5, 0.6) is 0 Å². The predicted octanol–water partition coefficient (Wildman–Crippen LogP) is 2.53. The summed E-state index contributed by atoms with van der Waals surface area (Å²) >= 11 is 0. The van der Waals surface area contributed by atoms with Crippen LogP contribution in [0, 0.1) is 0 Å². The normalized spacial score (nSPS) is 12.6. The molecule has 3 heteroatoms. The molecule has 0 saturated heterocycles. The van der Waals surface area contributed by atoms with Crippen molar-refractivity contribution in [1.82, 2.24) is 9.97 Å². The third-order valence-corrected chi connectivity index (χ3v) is 2.82. The molecule has 0 amide bonds. The van der Waals surface area contributed by atoms with Crippen molar-refractivity contribution in [3.05, 3.63) is 41.9 Å². The molecular formula is C14H19N3. The van der Waals surface area contributed by atoms with Crippen LogP contribution in [0.25, 0.3) is 11.3 Å². The maximum absolute atomic E-state index is 5.75. The monoisotopic (exact) mass is 229 g/mol. The number of benzene rings is 1. The minimum absolute atomic E-state index is 0.136. The summed E-state index contributed by atoms with van der Waals surface area (Å²) in [5, 5.41) is 0. The summed E-state index contributed by atoms with van der Waals surface area (Å²) in [6.45, 7) is 4.14. The van der Waals surface area contributed by atoms with Crippen molar-refractivity contribution in [1.29, 1.82) is 0 Å². The fourth-order valence-electron chi connectivity index (χ4n) is 1.84. The lowest BCUT2D eigenvalue weighted by molar-refractivity contribution is 0.710. The van der Waals surface area contributed by atoms with E-state index in [0.717, 1.165) is 24.4 Å². The summed E-state index contributed by atoms with van der Waals surface area (Å²) < 4.78 is 0. The van der Waals surface area contributed by atoms with Crippen molar-refractivity contribution >= 4 is 0 Å². The van der Waals surface area contributed by atoms with Gasteiger partial charge >= 0.3 is 0 Å². The lowest BCUT2D eigenvalue weighted by Gasteiger charge is -2.01. The molecule has 1 aromatic carbocycles. The van der Waals surface area contributed by atoms with Gasteiger partial charge in [0.15, 0.2) is 0 Å². The van der Waals surface area contributed by atoms with Crippen LogP contribution >= 0.6 is 0 Å². The summed E-state index contributed by atoms with van der Waals surface area (Å²) in [6, 6.07) is 8.70. The molecular weight excluding hydrogens is 210 g/mol. The Kier molecular flexibility index (Phi) is 3.59. The second-order valence-corrected chi connectivity index (χ2v) is 4.48. The molecule has 0 bridgehead atoms. The van der Waals surface area contributed by atoms with E-state index in [9.17, 15) is 0 Å². The van der Waals surface area contributed by atoms with Crippen molar-refractivity contribution in [2.75, 3.05) is 0 Å². The summed E-state index contributed by atoms with van der Waals surface area (Å²) in [4.78, 5) is 7.65. The Morgan fingerprint density at radius 3 is 2.59 bits per heavy atom. The number of hydrogen-bond acceptors (Lipinski definition) is 2. The van der Waals surface area contributed by atoms with E-state index in [-0.39, 0.29) is 6.04 Å². The first-order valence-corrected chi connectivity index (χ1v) is 6.07. The quantitative estimate of drug-likeness (QED) is 0.846. The Labute approximate surface area is 102 Å². The molecule has 1 unspecified atom stereocenters. The van der Waals surface area contributed by atoms with Crippen molar-refractivity contribution < 1.29 is 0 Å². The molecule has 1 atom stereocenters. The lowest BCUT2D eigenvalue weighted by Crippen LogP contribution is -2.18. The first kappa shape index (κ1) is 11.9. The molecule has 0 aliphatic carbocycles. The topological polar surface area (TPSA) is 54.7 Å². The third-order valence-electron chi connectivity index (χ3n) is 2.82. The molecule has 1 aromatic heterocycles. The number of nitrogens with one attached hydrogen (secondary N) is 1. The minimum atomic E-state index is 0.136. The molecule has 0 fully saturated rings. The highest BCUT2D eigenvalue weighted by atomic mass is 14.9. The maximum atomic E-state index is 5.75. The fraction of sp³-hybridized carbons (Fsp3) is 0.357. The second-order valence-electron chi connectivity index (χ2n) is 4.48. The highest BCUT2D eigenvalue weighted by Gasteiger charge is 2.05. The Morgan fingerprint density at radius 1 is 1.29 bits per heavy atom. The van der Waals surface area contributed by atoms with Gasteiger partial charge < -0.3 is 10.7 Å². The Hall–Kier alpha value is -1.61. The van der Waals surface area contributed by atoms with Gasteiger partial charge in [0.25, 0.3) is 0 Å². The average Bonchev–Trinajstić information content (AvgIpc) is 2.77. The number of aryl methyl sites for hydroxylation is 1. The molecule has 1 heterocycles. The van der Waals surface area contributed by atoms with Gasteiger partial charge in [-0.05, 0) is 24.5 Å². The Balaban J connectivity index is 2.18. The van der Waals surface area contributed by atoms with E-state index in [2.05, 4.69) is 41.2 Å². The largest absolute Gasteiger partial charge is 0.342 e. The molecule has 0 radical (unpaired) electrons. The zero-order valence-electron chi connectivity index (χ0n) is 10.4. The average molecular weight is 229 g/mol. The molecule has 0 aliphatic heterocycles. The lowest BCUT2D eigenvalue weighted by atomic mass is 10.1. The number of rotatable bonds is 4. The number of nitrogens with two attached hydrogens (primary N) is 1. The summed E-state index contributed by atoms with van der Waals surface area (Å²) in [5.74, 6) is 0.953. The van der Waals surface area contributed by atoms with Crippen LogP contribution in [0.4, 0.5) is 0 Å². The van der Waals surface area contributed by atoms with Crippen LogP contribution in [0.15, 0.2) is 30.5 Å². The van der Waals surface area contributed by atoms with E-state index in [0.29, 0.717) is 0 Å². The van der Waals surface area contributed by atoms with Gasteiger partial charge in [0, 0.05) is 12.5 Å². The number of aromatic amines is 1. The number of H-pyrrole nitrogens is 1. The fourth-order valence-corrected chi connectivity index (χ4v) is 1.84. The maximum Gasteiger partial charge on any atom is 0.108 e. The number of hydrogen-bond donors (Lipinski definition) is 2. The van der Waals surface area contributed by atoms with E-state index < -0.39 is 0 Å². The van der Waals surface area contributed by atoms with Gasteiger partial charge in [0.05, 0.1) is 11.9 Å². The smallest absolute Gasteiger partial charge is 0.108 e. The zero-order chi connectivity index (χ0) is 12.3. The summed E-state index contributed by atoms with van der Waals surface area (Å²) in [7, 11) is 0. The van der Waals surface area contributed by atoms with Crippen molar-refractivity contribution in [2.24, 2.45) is 5.73 Å². The van der Waals surface area contributed by atoms with Gasteiger partial charge in [-0.3, -0.25) is 0 Å². The number of aromatic nitrogens is 2. The molecule has 90 valence electrons. The molecule has 3 nitrogen and oxygen atoms in total. The minimum Gasteiger partial charge on any atom is -0.342 e. The Bertz CT molecular complexity index is 468. The zero-order valence-corrected chi connectivity index (χ0v) is 10.4. The predicted molar refractivity (Wildman–Crippen MR) is 70.8 cm³/mol. The number of imidazole rings is 1. The highest BCUT2D eigenvalue weighted by Crippen LogP contribution is 2.18. The molecule has 2 aromatic rings. The van der Waals surface area contributed by atoms with Gasteiger partial charge in [-0.1, -0.05) is 31.2 Å². The van der Waals surface area contributed by atoms with Gasteiger partial charge in [-0.15, -0.1) is 0 Å². The van der Waals surface area contributed by atoms with E-state index in [4.69, 9.17) is 5.73 Å². The molecule has 2 rings (SSSR count). The van der Waals surface area contributed by atoms with Crippen LogP contribution in [0.3, 0.4) is 0 Å². The highest BCUT2D eigenvalue weighted by molar-refractivity contribution is 5.58. The molecule has 0 saturated carbocycles. The number of nitrogens with zero attached hydrogens (tertiary/aromatic N) is 1. The van der Waals surface area contributed by atoms with E-state index in [1.54, 1.807) is 0 Å².